The number of fused-ring (bicyclic) bond motifs is 2. The van der Waals surface area contributed by atoms with Crippen LogP contribution in [0.15, 0.2) is 67.1 Å². The number of hydrogen-bond acceptors (Lipinski definition) is 7. The number of nitrogens with zero attached hydrogens (tertiary/aromatic N) is 6. The number of nitrogens with one attached hydrogen (secondary N) is 2. The predicted octanol–water partition coefficient (Wildman–Crippen LogP) is 3.58. The molecule has 0 unspecified atom stereocenters. The standard InChI is InChI=1S/C28H29N9/c29-26-22(3-1-12-31-26)27-34-24-8-9-25(36-16-2-13-32-36)35-28(24)37(27)20-5-6-21-18(17-20)4-7-23(21)33-19-10-14-30-15-11-19/h1-3,5-6,8-9,12-13,16-17,19,23,30,33H,4,7,10-11,14-15H2,(H2,29,31)/t23-/m0/s1. The number of anilines is 1. The van der Waals surface area contributed by atoms with Gasteiger partial charge in [0.1, 0.15) is 11.3 Å². The Kier molecular flexibility index (Phi) is 5.44. The maximum absolute atomic E-state index is 6.31. The molecule has 1 aliphatic heterocycles. The maximum atomic E-state index is 6.31. The Morgan fingerprint density at radius 2 is 1.89 bits per heavy atom. The number of rotatable bonds is 5. The molecule has 0 radical (unpaired) electrons. The zero-order valence-corrected chi connectivity index (χ0v) is 20.5. The average Bonchev–Trinajstić information content (AvgIpc) is 3.68. The first kappa shape index (κ1) is 22.1. The summed E-state index contributed by atoms with van der Waals surface area (Å²) in [5, 5.41) is 11.7. The molecule has 9 heteroatoms. The fourth-order valence-electron chi connectivity index (χ4n) is 5.70. The molecule has 2 aliphatic rings. The largest absolute Gasteiger partial charge is 0.383 e. The van der Waals surface area contributed by atoms with Crippen LogP contribution < -0.4 is 16.4 Å². The molecule has 1 atom stereocenters. The van der Waals surface area contributed by atoms with Gasteiger partial charge in [0.2, 0.25) is 0 Å². The molecule has 1 aliphatic carbocycles. The number of aromatic nitrogens is 6. The first-order valence-electron chi connectivity index (χ1n) is 12.9. The number of hydrogen-bond donors (Lipinski definition) is 3. The molecule has 37 heavy (non-hydrogen) atoms. The lowest BCUT2D eigenvalue weighted by atomic mass is 10.0. The van der Waals surface area contributed by atoms with E-state index < -0.39 is 0 Å². The van der Waals surface area contributed by atoms with Gasteiger partial charge in [-0.15, -0.1) is 0 Å². The predicted molar refractivity (Wildman–Crippen MR) is 144 cm³/mol. The molecule has 4 N–H and O–H groups in total. The quantitative estimate of drug-likeness (QED) is 0.345. The van der Waals surface area contributed by atoms with Crippen LogP contribution >= 0.6 is 0 Å². The van der Waals surface area contributed by atoms with Crippen LogP contribution in [0.5, 0.6) is 0 Å². The Bertz CT molecular complexity index is 1560. The monoisotopic (exact) mass is 491 g/mol. The van der Waals surface area contributed by atoms with Crippen molar-refractivity contribution >= 4 is 17.0 Å². The average molecular weight is 492 g/mol. The van der Waals surface area contributed by atoms with Gasteiger partial charge in [0.25, 0.3) is 0 Å². The fourth-order valence-corrected chi connectivity index (χ4v) is 5.70. The third kappa shape index (κ3) is 3.96. The van der Waals surface area contributed by atoms with Gasteiger partial charge in [0.15, 0.2) is 17.3 Å². The Morgan fingerprint density at radius 1 is 0.973 bits per heavy atom. The lowest BCUT2D eigenvalue weighted by molar-refractivity contribution is 0.349. The van der Waals surface area contributed by atoms with Crippen molar-refractivity contribution in [2.45, 2.75) is 37.8 Å². The van der Waals surface area contributed by atoms with Crippen LogP contribution in [0.3, 0.4) is 0 Å². The number of pyridine rings is 2. The summed E-state index contributed by atoms with van der Waals surface area (Å²) in [6, 6.07) is 17.4. The topological polar surface area (TPSA) is 112 Å². The van der Waals surface area contributed by atoms with Gasteiger partial charge in [-0.25, -0.2) is 19.6 Å². The molecule has 5 aromatic rings. The second-order valence-electron chi connectivity index (χ2n) is 9.84. The van der Waals surface area contributed by atoms with E-state index in [0.717, 1.165) is 60.0 Å². The van der Waals surface area contributed by atoms with Crippen LogP contribution in [-0.4, -0.2) is 48.4 Å². The van der Waals surface area contributed by atoms with Gasteiger partial charge in [-0.2, -0.15) is 5.10 Å². The van der Waals surface area contributed by atoms with Gasteiger partial charge < -0.3 is 16.4 Å². The van der Waals surface area contributed by atoms with E-state index in [2.05, 4.69) is 43.5 Å². The van der Waals surface area contributed by atoms with Crippen LogP contribution in [-0.2, 0) is 6.42 Å². The third-order valence-corrected chi connectivity index (χ3v) is 7.55. The highest BCUT2D eigenvalue weighted by Gasteiger charge is 2.27. The number of imidazole rings is 1. The lowest BCUT2D eigenvalue weighted by Gasteiger charge is -2.27. The minimum atomic E-state index is 0.407. The van der Waals surface area contributed by atoms with Crippen molar-refractivity contribution in [2.75, 3.05) is 18.8 Å². The van der Waals surface area contributed by atoms with Crippen molar-refractivity contribution < 1.29 is 0 Å². The number of nitrogen functional groups attached to an aromatic ring is 1. The molecule has 0 saturated carbocycles. The molecule has 9 nitrogen and oxygen atoms in total. The van der Waals surface area contributed by atoms with Gasteiger partial charge >= 0.3 is 0 Å². The van der Waals surface area contributed by atoms with E-state index in [1.54, 1.807) is 17.1 Å². The highest BCUT2D eigenvalue weighted by atomic mass is 15.3. The van der Waals surface area contributed by atoms with Crippen LogP contribution in [0.2, 0.25) is 0 Å². The van der Waals surface area contributed by atoms with Crippen LogP contribution in [0.4, 0.5) is 5.82 Å². The Balaban J connectivity index is 1.34. The molecule has 4 aromatic heterocycles. The molecular weight excluding hydrogens is 462 g/mol. The zero-order chi connectivity index (χ0) is 24.8. The fraction of sp³-hybridized carbons (Fsp3) is 0.286. The minimum absolute atomic E-state index is 0.407. The van der Waals surface area contributed by atoms with Crippen molar-refractivity contribution in [3.63, 3.8) is 0 Å². The Labute approximate surface area is 214 Å². The second kappa shape index (κ2) is 9.10. The third-order valence-electron chi connectivity index (χ3n) is 7.55. The number of piperidine rings is 1. The summed E-state index contributed by atoms with van der Waals surface area (Å²) in [5.74, 6) is 1.91. The lowest BCUT2D eigenvalue weighted by Crippen LogP contribution is -2.41. The van der Waals surface area contributed by atoms with E-state index in [0.29, 0.717) is 17.9 Å². The van der Waals surface area contributed by atoms with Gasteiger partial charge in [0.05, 0.1) is 5.56 Å². The normalized spacial score (nSPS) is 17.9. The number of nitrogens with two attached hydrogens (primary N) is 1. The van der Waals surface area contributed by atoms with Crippen molar-refractivity contribution in [1.29, 1.82) is 0 Å². The van der Waals surface area contributed by atoms with Crippen LogP contribution in [0.25, 0.3) is 34.1 Å². The zero-order valence-electron chi connectivity index (χ0n) is 20.5. The summed E-state index contributed by atoms with van der Waals surface area (Å²) in [5.41, 5.74) is 12.4. The summed E-state index contributed by atoms with van der Waals surface area (Å²) < 4.78 is 3.86. The first-order valence-corrected chi connectivity index (χ1v) is 12.9. The van der Waals surface area contributed by atoms with Gasteiger partial charge in [-0.3, -0.25) is 4.57 Å². The van der Waals surface area contributed by atoms with E-state index in [4.69, 9.17) is 15.7 Å². The molecule has 7 rings (SSSR count). The molecule has 0 spiro atoms. The van der Waals surface area contributed by atoms with Gasteiger partial charge in [-0.1, -0.05) is 6.07 Å². The summed E-state index contributed by atoms with van der Waals surface area (Å²) >= 11 is 0. The van der Waals surface area contributed by atoms with Crippen molar-refractivity contribution in [1.82, 2.24) is 39.9 Å². The molecule has 186 valence electrons. The van der Waals surface area contributed by atoms with E-state index in [1.807, 2.05) is 36.5 Å². The van der Waals surface area contributed by atoms with Crippen molar-refractivity contribution in [2.24, 2.45) is 0 Å². The number of aryl methyl sites for hydroxylation is 1. The van der Waals surface area contributed by atoms with Crippen molar-refractivity contribution in [3.05, 3.63) is 78.2 Å². The minimum Gasteiger partial charge on any atom is -0.383 e. The van der Waals surface area contributed by atoms with E-state index in [-0.39, 0.29) is 0 Å². The van der Waals surface area contributed by atoms with Gasteiger partial charge in [-0.05, 0) is 92.4 Å². The molecule has 0 amide bonds. The van der Waals surface area contributed by atoms with Crippen LogP contribution in [0.1, 0.15) is 36.4 Å². The SMILES string of the molecule is Nc1ncccc1-c1nc2ccc(-n3cccn3)nc2n1-c1ccc2c(c1)CC[C@@H]2NC1CCNCC1. The number of benzene rings is 1. The molecule has 1 aromatic carbocycles. The van der Waals surface area contributed by atoms with Crippen LogP contribution in [0, 0.1) is 0 Å². The summed E-state index contributed by atoms with van der Waals surface area (Å²) in [6.45, 7) is 2.19. The highest BCUT2D eigenvalue weighted by molar-refractivity contribution is 5.83. The molecule has 1 fully saturated rings. The Morgan fingerprint density at radius 3 is 2.73 bits per heavy atom. The van der Waals surface area contributed by atoms with E-state index in [1.165, 1.54) is 24.0 Å². The first-order chi connectivity index (χ1) is 18.2. The molecule has 1 saturated heterocycles. The summed E-state index contributed by atoms with van der Waals surface area (Å²) in [4.78, 5) is 14.3. The van der Waals surface area contributed by atoms with E-state index in [9.17, 15) is 0 Å². The van der Waals surface area contributed by atoms with E-state index >= 15 is 0 Å². The van der Waals surface area contributed by atoms with Gasteiger partial charge in [0, 0.05) is 36.4 Å². The molecule has 5 heterocycles. The summed E-state index contributed by atoms with van der Waals surface area (Å²) in [6.07, 6.45) is 9.88. The Hall–Kier alpha value is -4.08. The second-order valence-corrected chi connectivity index (χ2v) is 9.84. The molecular formula is C28H29N9. The molecule has 0 bridgehead atoms. The maximum Gasteiger partial charge on any atom is 0.167 e. The van der Waals surface area contributed by atoms with Crippen molar-refractivity contribution in [3.8, 4) is 22.9 Å². The summed E-state index contributed by atoms with van der Waals surface area (Å²) in [7, 11) is 0. The smallest absolute Gasteiger partial charge is 0.167 e. The highest BCUT2D eigenvalue weighted by Crippen LogP contribution is 2.36.